The first-order chi connectivity index (χ1) is 7.79. The lowest BCUT2D eigenvalue weighted by Gasteiger charge is -2.15. The first kappa shape index (κ1) is 14.2. The van der Waals surface area contributed by atoms with E-state index in [0.717, 1.165) is 11.4 Å². The molecule has 0 saturated carbocycles. The highest BCUT2D eigenvalue weighted by Crippen LogP contribution is 2.29. The molecule has 0 N–H and O–H groups in total. The monoisotopic (exact) mass is 276 g/mol. The molecule has 0 aromatic heterocycles. The van der Waals surface area contributed by atoms with Crippen LogP contribution in [-0.2, 0) is 0 Å². The normalized spacial score (nSPS) is 12.7. The second-order valence-corrected chi connectivity index (χ2v) is 5.82. The molecule has 0 aliphatic rings. The maximum Gasteiger partial charge on any atom is 0.0441 e. The smallest absolute Gasteiger partial charge is 0.0441 e. The summed E-state index contributed by atoms with van der Waals surface area (Å²) in [6, 6.07) is 8.02. The van der Waals surface area contributed by atoms with Crippen LogP contribution >= 0.6 is 35.0 Å². The minimum absolute atomic E-state index is 0.396. The maximum absolute atomic E-state index is 6.17. The van der Waals surface area contributed by atoms with E-state index in [4.69, 9.17) is 23.2 Å². The van der Waals surface area contributed by atoms with Crippen LogP contribution in [0.1, 0.15) is 31.2 Å². The Morgan fingerprint density at radius 3 is 2.69 bits per heavy atom. The predicted octanol–water partition coefficient (Wildman–Crippen LogP) is 5.20. The molecular formula is C13H18Cl2S. The van der Waals surface area contributed by atoms with Gasteiger partial charge in [0.2, 0.25) is 0 Å². The molecule has 1 unspecified atom stereocenters. The lowest BCUT2D eigenvalue weighted by atomic mass is 9.96. The van der Waals surface area contributed by atoms with Gasteiger partial charge >= 0.3 is 0 Å². The van der Waals surface area contributed by atoms with Crippen LogP contribution in [0.25, 0.3) is 0 Å². The largest absolute Gasteiger partial charge is 0.162 e. The van der Waals surface area contributed by atoms with Gasteiger partial charge in [-0.15, -0.1) is 11.6 Å². The SMILES string of the molecule is CCSCCCC(CCl)c1ccccc1Cl. The van der Waals surface area contributed by atoms with Crippen molar-refractivity contribution < 1.29 is 0 Å². The summed E-state index contributed by atoms with van der Waals surface area (Å²) in [5, 5.41) is 0.844. The molecule has 1 aromatic carbocycles. The van der Waals surface area contributed by atoms with Crippen molar-refractivity contribution >= 4 is 35.0 Å². The summed E-state index contributed by atoms with van der Waals surface area (Å²) in [6.07, 6.45) is 2.33. The van der Waals surface area contributed by atoms with E-state index in [9.17, 15) is 0 Å². The summed E-state index contributed by atoms with van der Waals surface area (Å²) in [4.78, 5) is 0. The average Bonchev–Trinajstić information content (AvgIpc) is 2.31. The van der Waals surface area contributed by atoms with Gasteiger partial charge in [-0.05, 0) is 41.9 Å². The number of hydrogen-bond donors (Lipinski definition) is 0. The molecule has 0 amide bonds. The molecule has 0 bridgehead atoms. The summed E-state index contributed by atoms with van der Waals surface area (Å²) in [5.41, 5.74) is 1.20. The summed E-state index contributed by atoms with van der Waals surface area (Å²) >= 11 is 14.2. The van der Waals surface area contributed by atoms with Crippen LogP contribution in [0.4, 0.5) is 0 Å². The molecule has 0 radical (unpaired) electrons. The van der Waals surface area contributed by atoms with Crippen molar-refractivity contribution in [3.63, 3.8) is 0 Å². The number of alkyl halides is 1. The molecule has 0 aliphatic carbocycles. The van der Waals surface area contributed by atoms with E-state index >= 15 is 0 Å². The van der Waals surface area contributed by atoms with Crippen molar-refractivity contribution in [2.75, 3.05) is 17.4 Å². The van der Waals surface area contributed by atoms with Gasteiger partial charge in [0, 0.05) is 10.9 Å². The van der Waals surface area contributed by atoms with Gasteiger partial charge in [0.25, 0.3) is 0 Å². The van der Waals surface area contributed by atoms with Crippen LogP contribution in [0, 0.1) is 0 Å². The van der Waals surface area contributed by atoms with Crippen LogP contribution in [-0.4, -0.2) is 17.4 Å². The Kier molecular flexibility index (Phi) is 7.35. The van der Waals surface area contributed by atoms with Gasteiger partial charge in [-0.3, -0.25) is 0 Å². The molecule has 1 aromatic rings. The Labute approximate surface area is 113 Å². The molecule has 16 heavy (non-hydrogen) atoms. The molecule has 0 nitrogen and oxygen atoms in total. The second-order valence-electron chi connectivity index (χ2n) is 3.71. The number of thioether (sulfide) groups is 1. The van der Waals surface area contributed by atoms with Gasteiger partial charge in [0.15, 0.2) is 0 Å². The van der Waals surface area contributed by atoms with E-state index in [2.05, 4.69) is 13.0 Å². The molecule has 3 heteroatoms. The van der Waals surface area contributed by atoms with E-state index in [1.54, 1.807) is 0 Å². The summed E-state index contributed by atoms with van der Waals surface area (Å²) in [6.45, 7) is 2.19. The average molecular weight is 277 g/mol. The van der Waals surface area contributed by atoms with Crippen molar-refractivity contribution in [1.29, 1.82) is 0 Å². The fourth-order valence-electron chi connectivity index (χ4n) is 1.70. The first-order valence-electron chi connectivity index (χ1n) is 5.67. The van der Waals surface area contributed by atoms with E-state index < -0.39 is 0 Å². The Morgan fingerprint density at radius 1 is 1.31 bits per heavy atom. The Bertz CT molecular complexity index is 302. The van der Waals surface area contributed by atoms with Gasteiger partial charge < -0.3 is 0 Å². The zero-order valence-corrected chi connectivity index (χ0v) is 11.9. The molecule has 0 spiro atoms. The van der Waals surface area contributed by atoms with Crippen molar-refractivity contribution in [2.45, 2.75) is 25.7 Å². The summed E-state index contributed by atoms with van der Waals surface area (Å²) in [5.74, 6) is 3.46. The quantitative estimate of drug-likeness (QED) is 0.488. The second kappa shape index (κ2) is 8.27. The molecular weight excluding hydrogens is 259 g/mol. The van der Waals surface area contributed by atoms with Gasteiger partial charge in [0.1, 0.15) is 0 Å². The predicted molar refractivity (Wildman–Crippen MR) is 77.1 cm³/mol. The molecule has 0 fully saturated rings. The van der Waals surface area contributed by atoms with Gasteiger partial charge in [-0.25, -0.2) is 0 Å². The third kappa shape index (κ3) is 4.57. The molecule has 0 heterocycles. The summed E-state index contributed by atoms with van der Waals surface area (Å²) < 4.78 is 0. The van der Waals surface area contributed by atoms with Crippen LogP contribution in [0.5, 0.6) is 0 Å². The standard InChI is InChI=1S/C13H18Cl2S/c1-2-16-9-5-6-11(10-14)12-7-3-4-8-13(12)15/h3-4,7-8,11H,2,5-6,9-10H2,1H3. The lowest BCUT2D eigenvalue weighted by molar-refractivity contribution is 0.675. The highest BCUT2D eigenvalue weighted by Gasteiger charge is 2.12. The summed E-state index contributed by atoms with van der Waals surface area (Å²) in [7, 11) is 0. The van der Waals surface area contributed by atoms with Crippen molar-refractivity contribution in [2.24, 2.45) is 0 Å². The maximum atomic E-state index is 6.17. The van der Waals surface area contributed by atoms with Gasteiger partial charge in [-0.2, -0.15) is 11.8 Å². The van der Waals surface area contributed by atoms with Crippen LogP contribution < -0.4 is 0 Å². The van der Waals surface area contributed by atoms with Crippen molar-refractivity contribution in [3.8, 4) is 0 Å². The van der Waals surface area contributed by atoms with Crippen molar-refractivity contribution in [3.05, 3.63) is 34.9 Å². The zero-order chi connectivity index (χ0) is 11.8. The number of rotatable bonds is 7. The third-order valence-corrected chi connectivity index (χ3v) is 4.28. The fraction of sp³-hybridized carbons (Fsp3) is 0.538. The lowest BCUT2D eigenvalue weighted by Crippen LogP contribution is -2.02. The zero-order valence-electron chi connectivity index (χ0n) is 9.59. The molecule has 0 saturated heterocycles. The Hall–Kier alpha value is 0.150. The minimum Gasteiger partial charge on any atom is -0.162 e. The van der Waals surface area contributed by atoms with Crippen LogP contribution in [0.2, 0.25) is 5.02 Å². The van der Waals surface area contributed by atoms with E-state index in [1.165, 1.54) is 23.5 Å². The first-order valence-corrected chi connectivity index (χ1v) is 7.74. The van der Waals surface area contributed by atoms with Crippen LogP contribution in [0.3, 0.4) is 0 Å². The fourth-order valence-corrected chi connectivity index (χ4v) is 2.97. The van der Waals surface area contributed by atoms with E-state index in [0.29, 0.717) is 11.8 Å². The number of hydrogen-bond acceptors (Lipinski definition) is 1. The third-order valence-electron chi connectivity index (χ3n) is 2.58. The highest BCUT2D eigenvalue weighted by atomic mass is 35.5. The Balaban J connectivity index is 2.51. The topological polar surface area (TPSA) is 0 Å². The molecule has 0 aliphatic heterocycles. The number of benzene rings is 1. The van der Waals surface area contributed by atoms with Crippen molar-refractivity contribution in [1.82, 2.24) is 0 Å². The molecule has 1 atom stereocenters. The van der Waals surface area contributed by atoms with Gasteiger partial charge in [0.05, 0.1) is 0 Å². The molecule has 90 valence electrons. The van der Waals surface area contributed by atoms with E-state index in [1.807, 2.05) is 30.0 Å². The van der Waals surface area contributed by atoms with Crippen LogP contribution in [0.15, 0.2) is 24.3 Å². The highest BCUT2D eigenvalue weighted by molar-refractivity contribution is 7.99. The van der Waals surface area contributed by atoms with Gasteiger partial charge in [-0.1, -0.05) is 36.7 Å². The number of halogens is 2. The molecule has 1 rings (SSSR count). The minimum atomic E-state index is 0.396. The Morgan fingerprint density at radius 2 is 2.06 bits per heavy atom. The van der Waals surface area contributed by atoms with E-state index in [-0.39, 0.29) is 0 Å².